The first-order valence-electron chi connectivity index (χ1n) is 4.31. The maximum atomic E-state index is 11.8. The van der Waals surface area contributed by atoms with Gasteiger partial charge in [-0.1, -0.05) is 23.8 Å². The van der Waals surface area contributed by atoms with Crippen LogP contribution >= 0.6 is 0 Å². The van der Waals surface area contributed by atoms with Crippen LogP contribution in [-0.4, -0.2) is 18.2 Å². The maximum absolute atomic E-state index is 11.8. The Kier molecular flexibility index (Phi) is 3.51. The predicted octanol–water partition coefficient (Wildman–Crippen LogP) is 2.11. The summed E-state index contributed by atoms with van der Waals surface area (Å²) in [6.45, 7) is 0.783. The molecule has 1 rings (SSSR count). The standard InChI is InChI=1S/C11H11FO2/c1-8-3-2-4-9(5-8)11(14)6-10(13)7-12/h2-5H,6-7H2,1H3. The average Bonchev–Trinajstić information content (AvgIpc) is 2.17. The van der Waals surface area contributed by atoms with E-state index in [1.54, 1.807) is 18.2 Å². The predicted molar refractivity (Wildman–Crippen MR) is 51.1 cm³/mol. The number of carbonyl (C=O) groups excluding carboxylic acids is 2. The Morgan fingerprint density at radius 3 is 2.64 bits per heavy atom. The molecule has 0 aliphatic rings. The van der Waals surface area contributed by atoms with E-state index in [2.05, 4.69) is 0 Å². The number of halogens is 1. The second-order valence-electron chi connectivity index (χ2n) is 3.14. The number of hydrogen-bond acceptors (Lipinski definition) is 2. The average molecular weight is 194 g/mol. The van der Waals surface area contributed by atoms with Crippen LogP contribution in [0.2, 0.25) is 0 Å². The summed E-state index contributed by atoms with van der Waals surface area (Å²) in [6.07, 6.45) is -0.347. The van der Waals surface area contributed by atoms with Gasteiger partial charge in [-0.05, 0) is 13.0 Å². The Bertz CT molecular complexity index is 358. The Labute approximate surface area is 81.7 Å². The fraction of sp³-hybridized carbons (Fsp3) is 0.273. The van der Waals surface area contributed by atoms with Crippen LogP contribution in [0.5, 0.6) is 0 Å². The number of alkyl halides is 1. The number of benzene rings is 1. The van der Waals surface area contributed by atoms with Crippen molar-refractivity contribution >= 4 is 11.6 Å². The summed E-state index contributed by atoms with van der Waals surface area (Å²) in [5.74, 6) is -0.993. The van der Waals surface area contributed by atoms with Gasteiger partial charge in [0.05, 0.1) is 6.42 Å². The molecule has 0 bridgehead atoms. The van der Waals surface area contributed by atoms with Crippen LogP contribution in [0.1, 0.15) is 22.3 Å². The van der Waals surface area contributed by atoms with E-state index < -0.39 is 12.5 Å². The van der Waals surface area contributed by atoms with Crippen LogP contribution in [0.4, 0.5) is 4.39 Å². The zero-order chi connectivity index (χ0) is 10.6. The molecule has 2 nitrogen and oxygen atoms in total. The highest BCUT2D eigenvalue weighted by Crippen LogP contribution is 2.07. The third kappa shape index (κ3) is 2.76. The molecule has 0 unspecified atom stereocenters. The number of ketones is 2. The van der Waals surface area contributed by atoms with E-state index in [1.165, 1.54) is 0 Å². The minimum Gasteiger partial charge on any atom is -0.296 e. The van der Waals surface area contributed by atoms with Crippen molar-refractivity contribution in [1.82, 2.24) is 0 Å². The lowest BCUT2D eigenvalue weighted by molar-refractivity contribution is -0.119. The number of carbonyl (C=O) groups is 2. The third-order valence-electron chi connectivity index (χ3n) is 1.85. The number of aryl methyl sites for hydroxylation is 1. The molecule has 1 aromatic rings. The number of hydrogen-bond donors (Lipinski definition) is 0. The minimum absolute atomic E-state index is 0.323. The molecule has 3 heteroatoms. The van der Waals surface area contributed by atoms with Gasteiger partial charge in [0.1, 0.15) is 6.67 Å². The van der Waals surface area contributed by atoms with Crippen molar-refractivity contribution in [1.29, 1.82) is 0 Å². The fourth-order valence-corrected chi connectivity index (χ4v) is 1.15. The molecule has 0 N–H and O–H groups in total. The van der Waals surface area contributed by atoms with Crippen LogP contribution in [0.3, 0.4) is 0 Å². The Morgan fingerprint density at radius 1 is 1.36 bits per heavy atom. The molecule has 0 saturated carbocycles. The van der Waals surface area contributed by atoms with Gasteiger partial charge < -0.3 is 0 Å². The topological polar surface area (TPSA) is 34.1 Å². The molecule has 0 heterocycles. The van der Waals surface area contributed by atoms with E-state index in [4.69, 9.17) is 0 Å². The van der Waals surface area contributed by atoms with E-state index >= 15 is 0 Å². The van der Waals surface area contributed by atoms with E-state index in [9.17, 15) is 14.0 Å². The summed E-state index contributed by atoms with van der Waals surface area (Å²) >= 11 is 0. The summed E-state index contributed by atoms with van der Waals surface area (Å²) in [4.78, 5) is 22.1. The first kappa shape index (κ1) is 10.6. The van der Waals surface area contributed by atoms with Gasteiger partial charge in [-0.3, -0.25) is 9.59 Å². The lowest BCUT2D eigenvalue weighted by atomic mass is 10.0. The van der Waals surface area contributed by atoms with E-state index in [-0.39, 0.29) is 12.2 Å². The van der Waals surface area contributed by atoms with Crippen molar-refractivity contribution in [3.8, 4) is 0 Å². The zero-order valence-electron chi connectivity index (χ0n) is 7.92. The molecule has 14 heavy (non-hydrogen) atoms. The highest BCUT2D eigenvalue weighted by Gasteiger charge is 2.10. The molecule has 0 aliphatic carbocycles. The summed E-state index contributed by atoms with van der Waals surface area (Å²) in [6, 6.07) is 6.91. The molecule has 1 aromatic carbocycles. The lowest BCUT2D eigenvalue weighted by Gasteiger charge is -1.99. The van der Waals surface area contributed by atoms with Crippen molar-refractivity contribution in [2.24, 2.45) is 0 Å². The molecule has 0 atom stereocenters. The van der Waals surface area contributed by atoms with E-state index in [0.29, 0.717) is 5.56 Å². The normalized spacial score (nSPS) is 9.86. The van der Waals surface area contributed by atoms with E-state index in [0.717, 1.165) is 5.56 Å². The molecule has 0 aromatic heterocycles. The Morgan fingerprint density at radius 2 is 2.07 bits per heavy atom. The molecular weight excluding hydrogens is 183 g/mol. The SMILES string of the molecule is Cc1cccc(C(=O)CC(=O)CF)c1. The molecule has 0 spiro atoms. The van der Waals surface area contributed by atoms with Gasteiger partial charge in [-0.25, -0.2) is 4.39 Å². The molecule has 0 saturated heterocycles. The summed E-state index contributed by atoms with van der Waals surface area (Å²) in [5.41, 5.74) is 1.41. The largest absolute Gasteiger partial charge is 0.296 e. The molecule has 74 valence electrons. The molecular formula is C11H11FO2. The second-order valence-corrected chi connectivity index (χ2v) is 3.14. The van der Waals surface area contributed by atoms with Crippen molar-refractivity contribution in [2.75, 3.05) is 6.67 Å². The highest BCUT2D eigenvalue weighted by atomic mass is 19.1. The fourth-order valence-electron chi connectivity index (χ4n) is 1.15. The van der Waals surface area contributed by atoms with E-state index in [1.807, 2.05) is 13.0 Å². The van der Waals surface area contributed by atoms with Crippen LogP contribution in [0, 0.1) is 6.92 Å². The van der Waals surface area contributed by atoms with Crippen LogP contribution < -0.4 is 0 Å². The molecule has 0 amide bonds. The maximum Gasteiger partial charge on any atom is 0.171 e. The van der Waals surface area contributed by atoms with Crippen LogP contribution in [0.15, 0.2) is 24.3 Å². The van der Waals surface area contributed by atoms with Gasteiger partial charge in [0, 0.05) is 5.56 Å². The van der Waals surface area contributed by atoms with Crippen molar-refractivity contribution in [3.05, 3.63) is 35.4 Å². The van der Waals surface area contributed by atoms with Gasteiger partial charge in [0.25, 0.3) is 0 Å². The van der Waals surface area contributed by atoms with Gasteiger partial charge in [-0.15, -0.1) is 0 Å². The Balaban J connectivity index is 2.75. The smallest absolute Gasteiger partial charge is 0.171 e. The van der Waals surface area contributed by atoms with Crippen LogP contribution in [0.25, 0.3) is 0 Å². The monoisotopic (exact) mass is 194 g/mol. The quantitative estimate of drug-likeness (QED) is 0.543. The third-order valence-corrected chi connectivity index (χ3v) is 1.85. The van der Waals surface area contributed by atoms with Gasteiger partial charge >= 0.3 is 0 Å². The summed E-state index contributed by atoms with van der Waals surface area (Å²) < 4.78 is 11.8. The van der Waals surface area contributed by atoms with Crippen molar-refractivity contribution < 1.29 is 14.0 Å². The molecule has 0 fully saturated rings. The summed E-state index contributed by atoms with van der Waals surface area (Å²) in [7, 11) is 0. The van der Waals surface area contributed by atoms with Crippen LogP contribution in [-0.2, 0) is 4.79 Å². The minimum atomic E-state index is -1.07. The number of Topliss-reactive ketones (excluding diaryl/α,β-unsaturated/α-hetero) is 2. The zero-order valence-corrected chi connectivity index (χ0v) is 7.92. The summed E-state index contributed by atoms with van der Waals surface area (Å²) in [5, 5.41) is 0. The van der Waals surface area contributed by atoms with Crippen molar-refractivity contribution in [2.45, 2.75) is 13.3 Å². The number of rotatable bonds is 4. The van der Waals surface area contributed by atoms with Gasteiger partial charge in [0.2, 0.25) is 0 Å². The first-order chi connectivity index (χ1) is 6.63. The second kappa shape index (κ2) is 4.65. The van der Waals surface area contributed by atoms with Gasteiger partial charge in [0.15, 0.2) is 11.6 Å². The first-order valence-corrected chi connectivity index (χ1v) is 4.31. The molecule has 0 radical (unpaired) electrons. The Hall–Kier alpha value is -1.51. The van der Waals surface area contributed by atoms with Crippen molar-refractivity contribution in [3.63, 3.8) is 0 Å². The molecule has 0 aliphatic heterocycles. The van der Waals surface area contributed by atoms with Gasteiger partial charge in [-0.2, -0.15) is 0 Å². The lowest BCUT2D eigenvalue weighted by Crippen LogP contribution is -2.09. The highest BCUT2D eigenvalue weighted by molar-refractivity contribution is 6.08.